The van der Waals surface area contributed by atoms with Crippen molar-refractivity contribution in [2.75, 3.05) is 0 Å². The zero-order valence-electron chi connectivity index (χ0n) is 29.9. The van der Waals surface area contributed by atoms with Crippen LogP contribution in [-0.2, 0) is 0 Å². The quantitative estimate of drug-likeness (QED) is 0.170. The van der Waals surface area contributed by atoms with Crippen molar-refractivity contribution in [3.05, 3.63) is 182 Å². The number of rotatable bonds is 6. The van der Waals surface area contributed by atoms with Gasteiger partial charge in [0.15, 0.2) is 11.6 Å². The monoisotopic (exact) mass is 734 g/mol. The molecular formula is C49H30N6S. The molecule has 0 spiro atoms. The second-order valence-corrected chi connectivity index (χ2v) is 14.8. The Bertz CT molecular complexity index is 3140. The van der Waals surface area contributed by atoms with Crippen molar-refractivity contribution in [1.82, 2.24) is 29.5 Å². The van der Waals surface area contributed by atoms with Crippen LogP contribution in [-0.4, -0.2) is 29.5 Å². The van der Waals surface area contributed by atoms with E-state index in [-0.39, 0.29) is 0 Å². The van der Waals surface area contributed by atoms with Gasteiger partial charge in [0.1, 0.15) is 0 Å². The van der Waals surface area contributed by atoms with Crippen molar-refractivity contribution in [1.29, 1.82) is 0 Å². The molecule has 56 heavy (non-hydrogen) atoms. The van der Waals surface area contributed by atoms with Gasteiger partial charge in [0.25, 0.3) is 0 Å². The van der Waals surface area contributed by atoms with Gasteiger partial charge in [-0.1, -0.05) is 115 Å². The van der Waals surface area contributed by atoms with Crippen LogP contribution in [0.3, 0.4) is 0 Å². The van der Waals surface area contributed by atoms with E-state index in [1.165, 1.54) is 14.8 Å². The molecule has 0 fully saturated rings. The topological polar surface area (TPSA) is 69.4 Å². The molecule has 0 radical (unpaired) electrons. The highest BCUT2D eigenvalue weighted by Crippen LogP contribution is 2.43. The maximum atomic E-state index is 5.35. The van der Waals surface area contributed by atoms with Crippen LogP contribution in [0.1, 0.15) is 0 Å². The summed E-state index contributed by atoms with van der Waals surface area (Å²) in [7, 11) is 0. The van der Waals surface area contributed by atoms with Gasteiger partial charge in [0.2, 0.25) is 5.95 Å². The van der Waals surface area contributed by atoms with Gasteiger partial charge >= 0.3 is 0 Å². The van der Waals surface area contributed by atoms with E-state index in [1.54, 1.807) is 17.5 Å². The molecule has 0 saturated carbocycles. The lowest BCUT2D eigenvalue weighted by Crippen LogP contribution is -2.07. The minimum atomic E-state index is 0.527. The predicted octanol–water partition coefficient (Wildman–Crippen LogP) is 12.5. The average molecular weight is 735 g/mol. The zero-order chi connectivity index (χ0) is 37.0. The summed E-state index contributed by atoms with van der Waals surface area (Å²) in [5.41, 5.74) is 10.9. The van der Waals surface area contributed by atoms with Crippen LogP contribution in [0.5, 0.6) is 0 Å². The summed E-state index contributed by atoms with van der Waals surface area (Å²) >= 11 is 1.79. The lowest BCUT2D eigenvalue weighted by Gasteiger charge is -2.13. The molecule has 11 aromatic rings. The molecule has 0 N–H and O–H groups in total. The van der Waals surface area contributed by atoms with Crippen LogP contribution in [0.2, 0.25) is 0 Å². The van der Waals surface area contributed by atoms with Crippen LogP contribution < -0.4 is 0 Å². The van der Waals surface area contributed by atoms with Gasteiger partial charge in [-0.3, -0.25) is 9.55 Å². The van der Waals surface area contributed by atoms with Gasteiger partial charge in [-0.2, -0.15) is 9.97 Å². The SMILES string of the molecule is c1ccc(-c2cccc(-c3nc(-c4cccc(-c5ccccc5)c4)nc(-n4c5ccc(-c6cccnc6)nc5c5ccc6sc7ccccc7c6c54)n3)c2)cc1. The molecule has 0 aliphatic heterocycles. The maximum absolute atomic E-state index is 5.35. The maximum Gasteiger partial charge on any atom is 0.238 e. The summed E-state index contributed by atoms with van der Waals surface area (Å²) in [5, 5.41) is 3.38. The van der Waals surface area contributed by atoms with E-state index in [1.807, 2.05) is 30.5 Å². The zero-order valence-corrected chi connectivity index (χ0v) is 30.7. The minimum absolute atomic E-state index is 0.527. The highest BCUT2D eigenvalue weighted by atomic mass is 32.1. The summed E-state index contributed by atoms with van der Waals surface area (Å²) in [6.45, 7) is 0. The summed E-state index contributed by atoms with van der Waals surface area (Å²) < 4.78 is 4.61. The van der Waals surface area contributed by atoms with E-state index >= 15 is 0 Å². The first-order valence-corrected chi connectivity index (χ1v) is 19.3. The number of benzene rings is 6. The molecule has 0 aliphatic rings. The largest absolute Gasteiger partial charge is 0.275 e. The first kappa shape index (κ1) is 32.1. The fourth-order valence-electron chi connectivity index (χ4n) is 7.72. The van der Waals surface area contributed by atoms with Crippen LogP contribution in [0, 0.1) is 0 Å². The number of aromatic nitrogens is 6. The molecule has 0 unspecified atom stereocenters. The van der Waals surface area contributed by atoms with Gasteiger partial charge < -0.3 is 0 Å². The van der Waals surface area contributed by atoms with E-state index in [0.717, 1.165) is 72.0 Å². The first-order chi connectivity index (χ1) is 27.7. The van der Waals surface area contributed by atoms with Crippen LogP contribution in [0.25, 0.3) is 104 Å². The van der Waals surface area contributed by atoms with Crippen molar-refractivity contribution >= 4 is 53.4 Å². The Morgan fingerprint density at radius 2 is 1.05 bits per heavy atom. The smallest absolute Gasteiger partial charge is 0.238 e. The first-order valence-electron chi connectivity index (χ1n) is 18.5. The molecular weight excluding hydrogens is 705 g/mol. The standard InChI is InChI=1S/C49H30N6S/c1-3-12-31(13-4-1)33-16-9-18-35(28-33)47-52-48(36-19-10-17-34(29-36)32-14-5-2-6-15-32)54-49(53-47)55-41-25-24-40(37-20-11-27-50-30-37)51-45(41)39-23-26-43-44(46(39)55)38-21-7-8-22-42(38)56-43/h1-30H. The molecule has 0 atom stereocenters. The Morgan fingerprint density at radius 3 is 1.73 bits per heavy atom. The molecule has 11 rings (SSSR count). The molecule has 0 saturated heterocycles. The molecule has 0 bridgehead atoms. The lowest BCUT2D eigenvalue weighted by molar-refractivity contribution is 0.955. The van der Waals surface area contributed by atoms with Crippen molar-refractivity contribution in [3.63, 3.8) is 0 Å². The van der Waals surface area contributed by atoms with Crippen LogP contribution >= 0.6 is 11.3 Å². The van der Waals surface area contributed by atoms with Gasteiger partial charge in [-0.05, 0) is 76.9 Å². The van der Waals surface area contributed by atoms with E-state index in [4.69, 9.17) is 19.9 Å². The molecule has 0 aliphatic carbocycles. The predicted molar refractivity (Wildman–Crippen MR) is 230 cm³/mol. The Kier molecular flexibility index (Phi) is 7.57. The van der Waals surface area contributed by atoms with Gasteiger partial charge in [0, 0.05) is 54.6 Å². The number of nitrogens with zero attached hydrogens (tertiary/aromatic N) is 6. The Hall–Kier alpha value is -7.35. The van der Waals surface area contributed by atoms with E-state index in [2.05, 4.69) is 155 Å². The molecule has 7 heteroatoms. The average Bonchev–Trinajstić information content (AvgIpc) is 3.83. The summed E-state index contributed by atoms with van der Waals surface area (Å²) in [6, 6.07) is 58.9. The normalized spacial score (nSPS) is 11.6. The number of hydrogen-bond acceptors (Lipinski definition) is 6. The third kappa shape index (κ3) is 5.44. The molecule has 262 valence electrons. The minimum Gasteiger partial charge on any atom is -0.275 e. The number of pyridine rings is 2. The van der Waals surface area contributed by atoms with Crippen LogP contribution in [0.4, 0.5) is 0 Å². The van der Waals surface area contributed by atoms with Crippen molar-refractivity contribution in [3.8, 4) is 62.2 Å². The Labute approximate surface area is 326 Å². The molecule has 5 heterocycles. The Balaban J connectivity index is 1.22. The van der Waals surface area contributed by atoms with Gasteiger partial charge in [-0.15, -0.1) is 11.3 Å². The number of fused-ring (bicyclic) bond motifs is 7. The number of thiophene rings is 1. The van der Waals surface area contributed by atoms with Gasteiger partial charge in [-0.25, -0.2) is 9.97 Å². The van der Waals surface area contributed by atoms with E-state index < -0.39 is 0 Å². The highest BCUT2D eigenvalue weighted by Gasteiger charge is 2.23. The van der Waals surface area contributed by atoms with E-state index in [0.29, 0.717) is 17.6 Å². The molecule has 6 nitrogen and oxygen atoms in total. The molecule has 0 amide bonds. The third-order valence-electron chi connectivity index (χ3n) is 10.3. The Morgan fingerprint density at radius 1 is 0.429 bits per heavy atom. The van der Waals surface area contributed by atoms with E-state index in [9.17, 15) is 0 Å². The molecule has 5 aromatic heterocycles. The summed E-state index contributed by atoms with van der Waals surface area (Å²) in [6.07, 6.45) is 3.64. The van der Waals surface area contributed by atoms with Gasteiger partial charge in [0.05, 0.1) is 22.2 Å². The fraction of sp³-hybridized carbons (Fsp3) is 0. The summed E-state index contributed by atoms with van der Waals surface area (Å²) in [5.74, 6) is 1.70. The second-order valence-electron chi connectivity index (χ2n) is 13.8. The fourth-order valence-corrected chi connectivity index (χ4v) is 8.82. The molecule has 6 aromatic carbocycles. The van der Waals surface area contributed by atoms with Crippen LogP contribution in [0.15, 0.2) is 182 Å². The second kappa shape index (κ2) is 13.2. The number of hydrogen-bond donors (Lipinski definition) is 0. The lowest BCUT2D eigenvalue weighted by atomic mass is 10.0. The van der Waals surface area contributed by atoms with Crippen molar-refractivity contribution < 1.29 is 0 Å². The highest BCUT2D eigenvalue weighted by molar-refractivity contribution is 7.26. The van der Waals surface area contributed by atoms with Crippen molar-refractivity contribution in [2.24, 2.45) is 0 Å². The van der Waals surface area contributed by atoms with Crippen molar-refractivity contribution in [2.45, 2.75) is 0 Å². The third-order valence-corrected chi connectivity index (χ3v) is 11.5. The summed E-state index contributed by atoms with van der Waals surface area (Å²) in [4.78, 5) is 25.6.